The summed E-state index contributed by atoms with van der Waals surface area (Å²) in [4.78, 5) is 0. The topological polar surface area (TPSA) is 21.3 Å². The summed E-state index contributed by atoms with van der Waals surface area (Å²) in [6, 6.07) is 27.1. The summed E-state index contributed by atoms with van der Waals surface area (Å²) in [5.41, 5.74) is 3.68. The molecule has 0 fully saturated rings. The second-order valence-electron chi connectivity index (χ2n) is 6.83. The molecule has 3 heteroatoms. The summed E-state index contributed by atoms with van der Waals surface area (Å²) in [5, 5.41) is 4.36. The van der Waals surface area contributed by atoms with E-state index in [1.54, 1.807) is 0 Å². The lowest BCUT2D eigenvalue weighted by Crippen LogP contribution is -2.26. The van der Waals surface area contributed by atoms with Gasteiger partial charge >= 0.3 is 0 Å². The Labute approximate surface area is 167 Å². The average molecular weight is 380 g/mol. The Balaban J connectivity index is 1.50. The fourth-order valence-corrected chi connectivity index (χ4v) is 3.07. The minimum atomic E-state index is 0.439. The number of hydrogen-bond acceptors (Lipinski definition) is 2. The highest BCUT2D eigenvalue weighted by Gasteiger charge is 2.07. The molecule has 0 aliphatic rings. The third-order valence-electron chi connectivity index (χ3n) is 4.63. The second-order valence-corrected chi connectivity index (χ2v) is 7.27. The van der Waals surface area contributed by atoms with Crippen molar-refractivity contribution in [3.63, 3.8) is 0 Å². The lowest BCUT2D eigenvalue weighted by atomic mass is 10.1. The van der Waals surface area contributed by atoms with E-state index in [1.165, 1.54) is 11.1 Å². The summed E-state index contributed by atoms with van der Waals surface area (Å²) in [7, 11) is 0. The predicted octanol–water partition coefficient (Wildman–Crippen LogP) is 6.03. The zero-order valence-corrected chi connectivity index (χ0v) is 16.5. The van der Waals surface area contributed by atoms with Crippen LogP contribution in [0.5, 0.6) is 5.75 Å². The highest BCUT2D eigenvalue weighted by molar-refractivity contribution is 6.30. The van der Waals surface area contributed by atoms with E-state index in [2.05, 4.69) is 54.7 Å². The first kappa shape index (κ1) is 19.5. The minimum absolute atomic E-state index is 0.439. The van der Waals surface area contributed by atoms with Gasteiger partial charge in [0, 0.05) is 23.2 Å². The molecule has 0 amide bonds. The molecule has 140 valence electrons. The van der Waals surface area contributed by atoms with Gasteiger partial charge < -0.3 is 10.1 Å². The van der Waals surface area contributed by atoms with Gasteiger partial charge in [0.1, 0.15) is 12.4 Å². The molecular weight excluding hydrogens is 354 g/mol. The van der Waals surface area contributed by atoms with Crippen LogP contribution in [0.15, 0.2) is 78.9 Å². The quantitative estimate of drug-likeness (QED) is 0.490. The van der Waals surface area contributed by atoms with Crippen molar-refractivity contribution >= 4 is 11.6 Å². The van der Waals surface area contributed by atoms with Gasteiger partial charge in [0.2, 0.25) is 0 Å². The highest BCUT2D eigenvalue weighted by atomic mass is 35.5. The van der Waals surface area contributed by atoms with Gasteiger partial charge in [-0.2, -0.15) is 0 Å². The number of halogens is 1. The minimum Gasteiger partial charge on any atom is -0.489 e. The molecule has 0 aliphatic carbocycles. The summed E-state index contributed by atoms with van der Waals surface area (Å²) in [6.07, 6.45) is 2.20. The zero-order chi connectivity index (χ0) is 18.9. The molecule has 3 rings (SSSR count). The van der Waals surface area contributed by atoms with Gasteiger partial charge in [-0.1, -0.05) is 72.3 Å². The maximum atomic E-state index is 6.04. The number of rotatable bonds is 9. The Morgan fingerprint density at radius 2 is 1.56 bits per heavy atom. The van der Waals surface area contributed by atoms with Gasteiger partial charge in [-0.25, -0.2) is 0 Å². The lowest BCUT2D eigenvalue weighted by molar-refractivity contribution is 0.301. The molecule has 1 N–H and O–H groups in total. The Hall–Kier alpha value is -2.29. The predicted molar refractivity (Wildman–Crippen MR) is 113 cm³/mol. The van der Waals surface area contributed by atoms with Crippen LogP contribution in [0.2, 0.25) is 5.02 Å². The summed E-state index contributed by atoms with van der Waals surface area (Å²) < 4.78 is 6.04. The third-order valence-corrected chi connectivity index (χ3v) is 4.88. The Morgan fingerprint density at radius 3 is 2.33 bits per heavy atom. The van der Waals surface area contributed by atoms with E-state index in [9.17, 15) is 0 Å². The molecule has 0 unspecified atom stereocenters. The summed E-state index contributed by atoms with van der Waals surface area (Å²) in [5.74, 6) is 0.926. The molecule has 0 saturated heterocycles. The molecule has 1 atom stereocenters. The third kappa shape index (κ3) is 6.42. The molecule has 3 aromatic carbocycles. The largest absolute Gasteiger partial charge is 0.489 e. The molecule has 0 bridgehead atoms. The van der Waals surface area contributed by atoms with Crippen LogP contribution >= 0.6 is 11.6 Å². The van der Waals surface area contributed by atoms with Crippen molar-refractivity contribution in [1.29, 1.82) is 0 Å². The number of nitrogens with one attached hydrogen (secondary N) is 1. The van der Waals surface area contributed by atoms with Crippen LogP contribution in [0.25, 0.3) is 0 Å². The molecule has 0 spiro atoms. The van der Waals surface area contributed by atoms with Crippen LogP contribution in [0, 0.1) is 0 Å². The molecule has 0 radical (unpaired) electrons. The molecule has 0 heterocycles. The molecule has 3 aromatic rings. The summed E-state index contributed by atoms with van der Waals surface area (Å²) >= 11 is 5.94. The Kier molecular flexibility index (Phi) is 7.32. The van der Waals surface area contributed by atoms with E-state index >= 15 is 0 Å². The van der Waals surface area contributed by atoms with Crippen LogP contribution in [-0.4, -0.2) is 6.04 Å². The van der Waals surface area contributed by atoms with E-state index in [-0.39, 0.29) is 0 Å². The van der Waals surface area contributed by atoms with E-state index in [0.29, 0.717) is 12.6 Å². The SMILES string of the molecule is C[C@@H](CCc1ccccc1)NCc1ccccc1OCc1ccc(Cl)cc1. The van der Waals surface area contributed by atoms with E-state index < -0.39 is 0 Å². The number of benzene rings is 3. The second kappa shape index (κ2) is 10.1. The van der Waals surface area contributed by atoms with E-state index in [4.69, 9.17) is 16.3 Å². The first-order chi connectivity index (χ1) is 13.2. The fraction of sp³-hybridized carbons (Fsp3) is 0.250. The summed E-state index contributed by atoms with van der Waals surface area (Å²) in [6.45, 7) is 3.57. The maximum absolute atomic E-state index is 6.04. The van der Waals surface area contributed by atoms with Crippen LogP contribution in [0.1, 0.15) is 30.0 Å². The molecule has 27 heavy (non-hydrogen) atoms. The van der Waals surface area contributed by atoms with Gasteiger partial charge in [0.25, 0.3) is 0 Å². The van der Waals surface area contributed by atoms with Crippen LogP contribution in [0.4, 0.5) is 0 Å². The number of hydrogen-bond donors (Lipinski definition) is 1. The van der Waals surface area contributed by atoms with Crippen molar-refractivity contribution < 1.29 is 4.74 Å². The van der Waals surface area contributed by atoms with Crippen molar-refractivity contribution in [2.45, 2.75) is 39.0 Å². The maximum Gasteiger partial charge on any atom is 0.124 e. The van der Waals surface area contributed by atoms with Crippen LogP contribution in [0.3, 0.4) is 0 Å². The Bertz CT molecular complexity index is 817. The first-order valence-corrected chi connectivity index (χ1v) is 9.81. The highest BCUT2D eigenvalue weighted by Crippen LogP contribution is 2.20. The van der Waals surface area contributed by atoms with Gasteiger partial charge in [-0.05, 0) is 49.1 Å². The van der Waals surface area contributed by atoms with Crippen molar-refractivity contribution in [2.75, 3.05) is 0 Å². The van der Waals surface area contributed by atoms with Gasteiger partial charge in [0.15, 0.2) is 0 Å². The van der Waals surface area contributed by atoms with Crippen molar-refractivity contribution in [3.05, 3.63) is 101 Å². The zero-order valence-electron chi connectivity index (χ0n) is 15.7. The normalized spacial score (nSPS) is 11.9. The number of para-hydroxylation sites is 1. The molecule has 2 nitrogen and oxygen atoms in total. The van der Waals surface area contributed by atoms with Gasteiger partial charge in [-0.3, -0.25) is 0 Å². The monoisotopic (exact) mass is 379 g/mol. The average Bonchev–Trinajstić information content (AvgIpc) is 2.71. The fourth-order valence-electron chi connectivity index (χ4n) is 2.95. The number of ether oxygens (including phenoxy) is 1. The molecule has 0 aliphatic heterocycles. The Morgan fingerprint density at radius 1 is 0.852 bits per heavy atom. The molecule has 0 saturated carbocycles. The van der Waals surface area contributed by atoms with Gasteiger partial charge in [0.05, 0.1) is 0 Å². The van der Waals surface area contributed by atoms with Crippen molar-refractivity contribution in [2.24, 2.45) is 0 Å². The molecular formula is C24H26ClNO. The van der Waals surface area contributed by atoms with Crippen molar-refractivity contribution in [1.82, 2.24) is 5.32 Å². The van der Waals surface area contributed by atoms with E-state index in [0.717, 1.165) is 35.7 Å². The lowest BCUT2D eigenvalue weighted by Gasteiger charge is -2.16. The first-order valence-electron chi connectivity index (χ1n) is 9.43. The van der Waals surface area contributed by atoms with Crippen LogP contribution in [-0.2, 0) is 19.6 Å². The standard InChI is InChI=1S/C24H26ClNO/c1-19(11-12-20-7-3-2-4-8-20)26-17-22-9-5-6-10-24(22)27-18-21-13-15-23(25)16-14-21/h2-10,13-16,19,26H,11-12,17-18H2,1H3/t19-/m0/s1. The molecule has 0 aromatic heterocycles. The van der Waals surface area contributed by atoms with E-state index in [1.807, 2.05) is 36.4 Å². The number of aryl methyl sites for hydroxylation is 1. The van der Waals surface area contributed by atoms with Crippen LogP contribution < -0.4 is 10.1 Å². The smallest absolute Gasteiger partial charge is 0.124 e. The van der Waals surface area contributed by atoms with Gasteiger partial charge in [-0.15, -0.1) is 0 Å². The van der Waals surface area contributed by atoms with Crippen molar-refractivity contribution in [3.8, 4) is 5.75 Å².